The summed E-state index contributed by atoms with van der Waals surface area (Å²) in [5, 5.41) is 0. The van der Waals surface area contributed by atoms with Crippen LogP contribution in [0.25, 0.3) is 0 Å². The Labute approximate surface area is 122 Å². The molecular weight excluding hydrogens is 281 g/mol. The summed E-state index contributed by atoms with van der Waals surface area (Å²) in [4.78, 5) is 2.24. The van der Waals surface area contributed by atoms with Crippen LogP contribution < -0.4 is 10.5 Å². The van der Waals surface area contributed by atoms with Crippen LogP contribution in [0.2, 0.25) is 0 Å². The second-order valence-electron chi connectivity index (χ2n) is 5.69. The lowest BCUT2D eigenvalue weighted by Crippen LogP contribution is -2.41. The normalized spacial score (nSPS) is 22.0. The van der Waals surface area contributed by atoms with Gasteiger partial charge in [0, 0.05) is 19.1 Å². The second-order valence-corrected chi connectivity index (χ2v) is 5.69. The smallest absolute Gasteiger partial charge is 0.406 e. The highest BCUT2D eigenvalue weighted by Gasteiger charge is 2.31. The molecule has 1 aromatic rings. The van der Waals surface area contributed by atoms with Crippen molar-refractivity contribution in [3.05, 3.63) is 29.8 Å². The molecule has 2 N–H and O–H groups in total. The fraction of sp³-hybridized carbons (Fsp3) is 0.600. The van der Waals surface area contributed by atoms with Gasteiger partial charge in [0.25, 0.3) is 0 Å². The molecule has 6 heteroatoms. The van der Waals surface area contributed by atoms with Crippen molar-refractivity contribution in [2.45, 2.75) is 38.7 Å². The number of nitrogens with zero attached hydrogens (tertiary/aromatic N) is 1. The number of nitrogens with two attached hydrogens (primary N) is 1. The molecule has 1 aliphatic rings. The number of rotatable bonds is 4. The van der Waals surface area contributed by atoms with Crippen LogP contribution in [0.15, 0.2) is 24.3 Å². The van der Waals surface area contributed by atoms with E-state index < -0.39 is 6.36 Å². The van der Waals surface area contributed by atoms with Crippen molar-refractivity contribution in [2.75, 3.05) is 13.1 Å². The van der Waals surface area contributed by atoms with E-state index in [2.05, 4.69) is 9.64 Å². The summed E-state index contributed by atoms with van der Waals surface area (Å²) < 4.78 is 40.6. The Hall–Kier alpha value is -1.27. The summed E-state index contributed by atoms with van der Waals surface area (Å²) in [6.07, 6.45) is -2.46. The summed E-state index contributed by atoms with van der Waals surface area (Å²) in [5.41, 5.74) is 6.77. The molecule has 1 heterocycles. The first-order chi connectivity index (χ1) is 9.83. The van der Waals surface area contributed by atoms with Gasteiger partial charge in [-0.05, 0) is 49.9 Å². The Morgan fingerprint density at radius 3 is 2.86 bits per heavy atom. The van der Waals surface area contributed by atoms with Gasteiger partial charge in [0.15, 0.2) is 0 Å². The molecule has 1 aromatic carbocycles. The number of piperidine rings is 1. The third kappa shape index (κ3) is 5.21. The molecule has 0 bridgehead atoms. The SMILES string of the molecule is CC(N)C1CCCN(Cc2cccc(OC(F)(F)F)c2)C1. The third-order valence-electron chi connectivity index (χ3n) is 3.82. The van der Waals surface area contributed by atoms with E-state index in [-0.39, 0.29) is 11.8 Å². The summed E-state index contributed by atoms with van der Waals surface area (Å²) in [5.74, 6) is 0.286. The lowest BCUT2D eigenvalue weighted by Gasteiger charge is -2.34. The molecule has 0 saturated carbocycles. The number of likely N-dealkylation sites (tertiary alicyclic amines) is 1. The number of hydrogen-bond acceptors (Lipinski definition) is 3. The Morgan fingerprint density at radius 2 is 2.19 bits per heavy atom. The number of alkyl halides is 3. The van der Waals surface area contributed by atoms with Crippen LogP contribution in [0.1, 0.15) is 25.3 Å². The minimum absolute atomic E-state index is 0.146. The minimum Gasteiger partial charge on any atom is -0.406 e. The van der Waals surface area contributed by atoms with Crippen LogP contribution in [-0.4, -0.2) is 30.4 Å². The molecule has 1 aliphatic heterocycles. The highest BCUT2D eigenvalue weighted by Crippen LogP contribution is 2.25. The first-order valence-corrected chi connectivity index (χ1v) is 7.16. The van der Waals surface area contributed by atoms with Crippen LogP contribution in [-0.2, 0) is 6.54 Å². The zero-order valence-corrected chi connectivity index (χ0v) is 12.1. The lowest BCUT2D eigenvalue weighted by molar-refractivity contribution is -0.274. The van der Waals surface area contributed by atoms with Crippen LogP contribution >= 0.6 is 0 Å². The molecule has 0 spiro atoms. The lowest BCUT2D eigenvalue weighted by atomic mass is 9.92. The van der Waals surface area contributed by atoms with Gasteiger partial charge < -0.3 is 10.5 Å². The number of benzene rings is 1. The summed E-state index contributed by atoms with van der Waals surface area (Å²) >= 11 is 0. The molecule has 0 amide bonds. The highest BCUT2D eigenvalue weighted by molar-refractivity contribution is 5.28. The van der Waals surface area contributed by atoms with Crippen molar-refractivity contribution in [3.63, 3.8) is 0 Å². The molecule has 0 aromatic heterocycles. The van der Waals surface area contributed by atoms with Crippen LogP contribution in [0.5, 0.6) is 5.75 Å². The molecule has 0 aliphatic carbocycles. The van der Waals surface area contributed by atoms with Gasteiger partial charge >= 0.3 is 6.36 Å². The highest BCUT2D eigenvalue weighted by atomic mass is 19.4. The minimum atomic E-state index is -4.65. The van der Waals surface area contributed by atoms with Gasteiger partial charge in [-0.1, -0.05) is 12.1 Å². The maximum absolute atomic E-state index is 12.2. The first-order valence-electron chi connectivity index (χ1n) is 7.16. The molecule has 2 atom stereocenters. The zero-order valence-electron chi connectivity index (χ0n) is 12.1. The van der Waals surface area contributed by atoms with Crippen molar-refractivity contribution >= 4 is 0 Å². The third-order valence-corrected chi connectivity index (χ3v) is 3.82. The van der Waals surface area contributed by atoms with E-state index in [0.29, 0.717) is 12.5 Å². The predicted molar refractivity (Wildman–Crippen MR) is 74.8 cm³/mol. The summed E-state index contributed by atoms with van der Waals surface area (Å²) in [6, 6.07) is 6.32. The van der Waals surface area contributed by atoms with Gasteiger partial charge in [-0.15, -0.1) is 13.2 Å². The number of hydrogen-bond donors (Lipinski definition) is 1. The quantitative estimate of drug-likeness (QED) is 0.928. The molecule has 1 saturated heterocycles. The van der Waals surface area contributed by atoms with E-state index in [0.717, 1.165) is 31.5 Å². The maximum Gasteiger partial charge on any atom is 0.573 e. The second kappa shape index (κ2) is 6.66. The van der Waals surface area contributed by atoms with Gasteiger partial charge in [-0.3, -0.25) is 4.90 Å². The average molecular weight is 302 g/mol. The van der Waals surface area contributed by atoms with Crippen LogP contribution in [0, 0.1) is 5.92 Å². The van der Waals surface area contributed by atoms with Gasteiger partial charge in [-0.25, -0.2) is 0 Å². The maximum atomic E-state index is 12.2. The van der Waals surface area contributed by atoms with E-state index in [9.17, 15) is 13.2 Å². The Balaban J connectivity index is 1.98. The van der Waals surface area contributed by atoms with Crippen molar-refractivity contribution in [1.82, 2.24) is 4.90 Å². The molecule has 1 fully saturated rings. The number of ether oxygens (including phenoxy) is 1. The Bertz CT molecular complexity index is 462. The van der Waals surface area contributed by atoms with Crippen LogP contribution in [0.3, 0.4) is 0 Å². The van der Waals surface area contributed by atoms with Gasteiger partial charge in [0.05, 0.1) is 0 Å². The Morgan fingerprint density at radius 1 is 1.43 bits per heavy atom. The molecule has 0 radical (unpaired) electrons. The molecule has 2 rings (SSSR count). The van der Waals surface area contributed by atoms with Crippen LogP contribution in [0.4, 0.5) is 13.2 Å². The van der Waals surface area contributed by atoms with E-state index in [4.69, 9.17) is 5.73 Å². The summed E-state index contributed by atoms with van der Waals surface area (Å²) in [6.45, 7) is 4.47. The van der Waals surface area contributed by atoms with E-state index in [1.165, 1.54) is 12.1 Å². The zero-order chi connectivity index (χ0) is 15.5. The average Bonchev–Trinajstić information content (AvgIpc) is 2.37. The molecule has 3 nitrogen and oxygen atoms in total. The van der Waals surface area contributed by atoms with Gasteiger partial charge in [0.2, 0.25) is 0 Å². The molecule has 118 valence electrons. The standard InChI is InChI=1S/C15H21F3N2O/c1-11(19)13-5-3-7-20(10-13)9-12-4-2-6-14(8-12)21-15(16,17)18/h2,4,6,8,11,13H,3,5,7,9-10,19H2,1H3. The van der Waals surface area contributed by atoms with Crippen molar-refractivity contribution in [3.8, 4) is 5.75 Å². The molecule has 21 heavy (non-hydrogen) atoms. The topological polar surface area (TPSA) is 38.5 Å². The fourth-order valence-electron chi connectivity index (χ4n) is 2.76. The monoisotopic (exact) mass is 302 g/mol. The van der Waals surface area contributed by atoms with Crippen molar-refractivity contribution in [2.24, 2.45) is 11.7 Å². The van der Waals surface area contributed by atoms with E-state index in [1.807, 2.05) is 13.0 Å². The molecular formula is C15H21F3N2O. The number of halogens is 3. The van der Waals surface area contributed by atoms with Gasteiger partial charge in [-0.2, -0.15) is 0 Å². The molecule has 2 unspecified atom stereocenters. The van der Waals surface area contributed by atoms with Gasteiger partial charge in [0.1, 0.15) is 5.75 Å². The fourth-order valence-corrected chi connectivity index (χ4v) is 2.76. The van der Waals surface area contributed by atoms with E-state index in [1.54, 1.807) is 6.07 Å². The Kier molecular flexibility index (Phi) is 5.11. The largest absolute Gasteiger partial charge is 0.573 e. The summed E-state index contributed by atoms with van der Waals surface area (Å²) in [7, 11) is 0. The van der Waals surface area contributed by atoms with Crippen molar-refractivity contribution in [1.29, 1.82) is 0 Å². The van der Waals surface area contributed by atoms with E-state index >= 15 is 0 Å². The first kappa shape index (κ1) is 16.1. The predicted octanol–water partition coefficient (Wildman–Crippen LogP) is 3.14. The van der Waals surface area contributed by atoms with Crippen molar-refractivity contribution < 1.29 is 17.9 Å².